The SMILES string of the molecule is CC(NC(=O)NC(c1nc(C2CC2)no1)C(C)C)c1cnn(C)c1. The van der Waals surface area contributed by atoms with Crippen molar-refractivity contribution in [1.29, 1.82) is 0 Å². The van der Waals surface area contributed by atoms with Crippen LogP contribution in [0.2, 0.25) is 0 Å². The Morgan fingerprint density at radius 1 is 1.33 bits per heavy atom. The molecule has 1 aliphatic carbocycles. The molecule has 0 spiro atoms. The molecule has 2 aromatic rings. The highest BCUT2D eigenvalue weighted by Gasteiger charge is 2.31. The molecule has 2 unspecified atom stereocenters. The van der Waals surface area contributed by atoms with Crippen molar-refractivity contribution in [3.05, 3.63) is 29.7 Å². The molecule has 1 fully saturated rings. The van der Waals surface area contributed by atoms with Crippen LogP contribution in [0.5, 0.6) is 0 Å². The van der Waals surface area contributed by atoms with Crippen molar-refractivity contribution in [2.45, 2.75) is 51.6 Å². The van der Waals surface area contributed by atoms with Gasteiger partial charge >= 0.3 is 6.03 Å². The average Bonchev–Trinajstić information content (AvgIpc) is 3.09. The van der Waals surface area contributed by atoms with Crippen LogP contribution in [-0.4, -0.2) is 26.0 Å². The number of nitrogens with zero attached hydrogens (tertiary/aromatic N) is 4. The highest BCUT2D eigenvalue weighted by molar-refractivity contribution is 5.74. The highest BCUT2D eigenvalue weighted by atomic mass is 16.5. The van der Waals surface area contributed by atoms with Gasteiger partial charge in [-0.3, -0.25) is 4.68 Å². The predicted molar refractivity (Wildman–Crippen MR) is 87.1 cm³/mol. The first-order valence-electron chi connectivity index (χ1n) is 8.33. The number of rotatable bonds is 6. The van der Waals surface area contributed by atoms with E-state index in [0.29, 0.717) is 11.8 Å². The number of nitrogens with one attached hydrogen (secondary N) is 2. The highest BCUT2D eigenvalue weighted by Crippen LogP contribution is 2.38. The van der Waals surface area contributed by atoms with Gasteiger partial charge in [-0.25, -0.2) is 4.79 Å². The van der Waals surface area contributed by atoms with E-state index in [1.54, 1.807) is 10.9 Å². The van der Waals surface area contributed by atoms with Gasteiger partial charge in [-0.15, -0.1) is 0 Å². The van der Waals surface area contributed by atoms with Crippen LogP contribution >= 0.6 is 0 Å². The Morgan fingerprint density at radius 3 is 2.67 bits per heavy atom. The molecule has 24 heavy (non-hydrogen) atoms. The van der Waals surface area contributed by atoms with E-state index >= 15 is 0 Å². The van der Waals surface area contributed by atoms with Gasteiger partial charge in [0.25, 0.3) is 0 Å². The predicted octanol–water partition coefficient (Wildman–Crippen LogP) is 2.44. The summed E-state index contributed by atoms with van der Waals surface area (Å²) in [6.45, 7) is 5.94. The van der Waals surface area contributed by atoms with E-state index in [-0.39, 0.29) is 24.0 Å². The maximum Gasteiger partial charge on any atom is 0.315 e. The van der Waals surface area contributed by atoms with Crippen molar-refractivity contribution in [3.63, 3.8) is 0 Å². The molecule has 8 nitrogen and oxygen atoms in total. The Bertz CT molecular complexity index is 703. The zero-order valence-electron chi connectivity index (χ0n) is 14.5. The standard InChI is InChI=1S/C16H24N6O2/c1-9(2)13(15-20-14(21-24-15)11-5-6-11)19-16(23)18-10(3)12-7-17-22(4)8-12/h7-11,13H,5-6H2,1-4H3,(H2,18,19,23). The van der Waals surface area contributed by atoms with E-state index in [1.807, 2.05) is 34.0 Å². The number of urea groups is 1. The molecule has 0 bridgehead atoms. The Labute approximate surface area is 141 Å². The van der Waals surface area contributed by atoms with E-state index in [1.165, 1.54) is 0 Å². The van der Waals surface area contributed by atoms with Gasteiger partial charge in [0.05, 0.1) is 12.2 Å². The fourth-order valence-corrected chi connectivity index (χ4v) is 2.52. The molecule has 0 saturated heterocycles. The van der Waals surface area contributed by atoms with Crippen molar-refractivity contribution >= 4 is 6.03 Å². The van der Waals surface area contributed by atoms with Gasteiger partial charge in [0.15, 0.2) is 5.82 Å². The van der Waals surface area contributed by atoms with Gasteiger partial charge in [-0.05, 0) is 25.7 Å². The molecule has 2 aromatic heterocycles. The van der Waals surface area contributed by atoms with Crippen LogP contribution in [0.3, 0.4) is 0 Å². The van der Waals surface area contributed by atoms with Crippen LogP contribution in [0.25, 0.3) is 0 Å². The zero-order valence-corrected chi connectivity index (χ0v) is 14.5. The topological polar surface area (TPSA) is 97.9 Å². The molecule has 2 atom stereocenters. The largest absolute Gasteiger partial charge is 0.337 e. The van der Waals surface area contributed by atoms with Gasteiger partial charge in [0.1, 0.15) is 6.04 Å². The third kappa shape index (κ3) is 3.74. The van der Waals surface area contributed by atoms with Gasteiger partial charge < -0.3 is 15.2 Å². The summed E-state index contributed by atoms with van der Waals surface area (Å²) in [5, 5.41) is 14.0. The number of amides is 2. The summed E-state index contributed by atoms with van der Waals surface area (Å²) in [5.41, 5.74) is 0.947. The Balaban J connectivity index is 1.62. The van der Waals surface area contributed by atoms with E-state index in [4.69, 9.17) is 4.52 Å². The summed E-state index contributed by atoms with van der Waals surface area (Å²) in [5.74, 6) is 1.78. The first-order chi connectivity index (χ1) is 11.4. The minimum Gasteiger partial charge on any atom is -0.337 e. The first-order valence-corrected chi connectivity index (χ1v) is 8.33. The van der Waals surface area contributed by atoms with E-state index < -0.39 is 0 Å². The maximum absolute atomic E-state index is 12.3. The zero-order chi connectivity index (χ0) is 17.3. The van der Waals surface area contributed by atoms with E-state index in [9.17, 15) is 4.79 Å². The molecular formula is C16H24N6O2. The summed E-state index contributed by atoms with van der Waals surface area (Å²) < 4.78 is 7.07. The van der Waals surface area contributed by atoms with Gasteiger partial charge in [-0.1, -0.05) is 19.0 Å². The van der Waals surface area contributed by atoms with E-state index in [0.717, 1.165) is 24.2 Å². The number of aryl methyl sites for hydroxylation is 1. The molecule has 2 heterocycles. The van der Waals surface area contributed by atoms with E-state index in [2.05, 4.69) is 25.9 Å². The van der Waals surface area contributed by atoms with Gasteiger partial charge in [0.2, 0.25) is 5.89 Å². The molecule has 2 amide bonds. The molecular weight excluding hydrogens is 308 g/mol. The molecule has 130 valence electrons. The lowest BCUT2D eigenvalue weighted by Gasteiger charge is -2.20. The second-order valence-corrected chi connectivity index (χ2v) is 6.77. The van der Waals surface area contributed by atoms with Crippen molar-refractivity contribution in [2.75, 3.05) is 0 Å². The molecule has 1 saturated carbocycles. The molecule has 0 aromatic carbocycles. The van der Waals surface area contributed by atoms with Crippen molar-refractivity contribution < 1.29 is 9.32 Å². The molecule has 0 radical (unpaired) electrons. The van der Waals surface area contributed by atoms with Crippen LogP contribution < -0.4 is 10.6 Å². The van der Waals surface area contributed by atoms with Crippen LogP contribution in [0, 0.1) is 5.92 Å². The maximum atomic E-state index is 12.3. The lowest BCUT2D eigenvalue weighted by atomic mass is 10.0. The quantitative estimate of drug-likeness (QED) is 0.846. The van der Waals surface area contributed by atoms with Crippen LogP contribution in [0.4, 0.5) is 4.79 Å². The summed E-state index contributed by atoms with van der Waals surface area (Å²) in [4.78, 5) is 16.8. The molecule has 8 heteroatoms. The Morgan fingerprint density at radius 2 is 2.08 bits per heavy atom. The molecule has 0 aliphatic heterocycles. The number of hydrogen-bond acceptors (Lipinski definition) is 5. The number of carbonyl (C=O) groups excluding carboxylic acids is 1. The third-order valence-electron chi connectivity index (χ3n) is 4.19. The monoisotopic (exact) mass is 332 g/mol. The minimum atomic E-state index is -0.314. The lowest BCUT2D eigenvalue weighted by molar-refractivity contribution is 0.222. The molecule has 2 N–H and O–H groups in total. The summed E-state index contributed by atoms with van der Waals surface area (Å²) in [7, 11) is 1.85. The number of aromatic nitrogens is 4. The lowest BCUT2D eigenvalue weighted by Crippen LogP contribution is -2.40. The normalized spacial score (nSPS) is 16.9. The van der Waals surface area contributed by atoms with Crippen molar-refractivity contribution in [1.82, 2.24) is 30.6 Å². The van der Waals surface area contributed by atoms with Crippen LogP contribution in [0.15, 0.2) is 16.9 Å². The summed E-state index contributed by atoms with van der Waals surface area (Å²) in [6.07, 6.45) is 5.85. The number of carbonyl (C=O) groups is 1. The average molecular weight is 332 g/mol. The Hall–Kier alpha value is -2.38. The Kier molecular flexibility index (Phi) is 4.55. The van der Waals surface area contributed by atoms with Crippen molar-refractivity contribution in [3.8, 4) is 0 Å². The van der Waals surface area contributed by atoms with Gasteiger partial charge in [0, 0.05) is 24.7 Å². The number of hydrogen-bond donors (Lipinski definition) is 2. The second-order valence-electron chi connectivity index (χ2n) is 6.77. The van der Waals surface area contributed by atoms with Gasteiger partial charge in [-0.2, -0.15) is 10.1 Å². The summed E-state index contributed by atoms with van der Waals surface area (Å²) >= 11 is 0. The smallest absolute Gasteiger partial charge is 0.315 e. The minimum absolute atomic E-state index is 0.136. The van der Waals surface area contributed by atoms with Crippen molar-refractivity contribution in [2.24, 2.45) is 13.0 Å². The first kappa shape index (κ1) is 16.5. The van der Waals surface area contributed by atoms with Crippen LogP contribution in [-0.2, 0) is 7.05 Å². The second kappa shape index (κ2) is 6.62. The summed E-state index contributed by atoms with van der Waals surface area (Å²) in [6, 6.07) is -0.724. The third-order valence-corrected chi connectivity index (χ3v) is 4.19. The molecule has 3 rings (SSSR count). The van der Waals surface area contributed by atoms with Crippen LogP contribution in [0.1, 0.15) is 68.9 Å². The fraction of sp³-hybridized carbons (Fsp3) is 0.625. The fourth-order valence-electron chi connectivity index (χ4n) is 2.52. The molecule has 1 aliphatic rings.